The molecule has 1 aromatic heterocycles. The summed E-state index contributed by atoms with van der Waals surface area (Å²) >= 11 is 0. The number of amides is 2. The van der Waals surface area contributed by atoms with Crippen molar-refractivity contribution >= 4 is 17.6 Å². The first kappa shape index (κ1) is 18.5. The van der Waals surface area contributed by atoms with Gasteiger partial charge in [-0.15, -0.1) is 0 Å². The number of carbonyl (C=O) groups excluding carboxylic acids is 2. The van der Waals surface area contributed by atoms with Gasteiger partial charge in [-0.25, -0.2) is 4.98 Å². The maximum absolute atomic E-state index is 14.9. The summed E-state index contributed by atoms with van der Waals surface area (Å²) in [5.41, 5.74) is 0.436. The summed E-state index contributed by atoms with van der Waals surface area (Å²) in [6, 6.07) is 7.83. The van der Waals surface area contributed by atoms with E-state index in [1.54, 1.807) is 47.6 Å². The van der Waals surface area contributed by atoms with Crippen LogP contribution in [0.2, 0.25) is 0 Å². The summed E-state index contributed by atoms with van der Waals surface area (Å²) in [6.45, 7) is 2.38. The minimum absolute atomic E-state index is 0.0299. The van der Waals surface area contributed by atoms with Gasteiger partial charge in [-0.05, 0) is 44.7 Å². The van der Waals surface area contributed by atoms with Crippen molar-refractivity contribution < 1.29 is 14.1 Å². The molecule has 28 heavy (non-hydrogen) atoms. The van der Waals surface area contributed by atoms with E-state index in [9.17, 15) is 14.1 Å². The molecule has 1 aliphatic carbocycles. The molecule has 2 fully saturated rings. The first-order chi connectivity index (χ1) is 13.5. The Kier molecular flexibility index (Phi) is 4.83. The van der Waals surface area contributed by atoms with Crippen molar-refractivity contribution in [2.24, 2.45) is 5.41 Å². The molecule has 7 heteroatoms. The lowest BCUT2D eigenvalue weighted by molar-refractivity contribution is -0.129. The molecule has 2 unspecified atom stereocenters. The van der Waals surface area contributed by atoms with Crippen LogP contribution in [0.4, 0.5) is 10.3 Å². The minimum atomic E-state index is -0.644. The van der Waals surface area contributed by atoms with E-state index in [1.807, 2.05) is 6.92 Å². The van der Waals surface area contributed by atoms with E-state index in [1.165, 1.54) is 0 Å². The first-order valence-corrected chi connectivity index (χ1v) is 9.65. The fourth-order valence-electron chi connectivity index (χ4n) is 4.44. The Morgan fingerprint density at radius 2 is 2.04 bits per heavy atom. The van der Waals surface area contributed by atoms with E-state index in [2.05, 4.69) is 9.97 Å². The molecule has 2 atom stereocenters. The van der Waals surface area contributed by atoms with Crippen LogP contribution in [0.15, 0.2) is 42.7 Å². The maximum Gasteiger partial charge on any atom is 0.281 e. The lowest BCUT2D eigenvalue weighted by atomic mass is 9.71. The average Bonchev–Trinajstić information content (AvgIpc) is 3.03. The lowest BCUT2D eigenvalue weighted by Gasteiger charge is -2.38. The van der Waals surface area contributed by atoms with Crippen LogP contribution in [-0.4, -0.2) is 39.5 Å². The van der Waals surface area contributed by atoms with Crippen LogP contribution in [0, 0.1) is 12.3 Å². The number of aryl methyl sites for hydroxylation is 1. The molecule has 1 saturated heterocycles. The summed E-state index contributed by atoms with van der Waals surface area (Å²) in [7, 11) is 0. The summed E-state index contributed by atoms with van der Waals surface area (Å²) in [4.78, 5) is 35.9. The van der Waals surface area contributed by atoms with Gasteiger partial charge >= 0.3 is 0 Å². The third kappa shape index (κ3) is 3.25. The van der Waals surface area contributed by atoms with Gasteiger partial charge in [-0.2, -0.15) is 5.12 Å². The SMILES string of the molecule is Cc1cncc(N2CCC3(CCCC(N(F)C(=O)c4ccccc4)C3)C2=O)n1. The van der Waals surface area contributed by atoms with Crippen molar-refractivity contribution in [1.29, 1.82) is 0 Å². The predicted molar refractivity (Wildman–Crippen MR) is 102 cm³/mol. The van der Waals surface area contributed by atoms with E-state index >= 15 is 0 Å². The van der Waals surface area contributed by atoms with Crippen molar-refractivity contribution in [2.75, 3.05) is 11.4 Å². The van der Waals surface area contributed by atoms with E-state index in [0.29, 0.717) is 55.2 Å². The molecule has 6 nitrogen and oxygen atoms in total. The van der Waals surface area contributed by atoms with E-state index < -0.39 is 17.4 Å². The van der Waals surface area contributed by atoms with Gasteiger partial charge in [0, 0.05) is 18.3 Å². The van der Waals surface area contributed by atoms with Gasteiger partial charge in [0.15, 0.2) is 5.82 Å². The van der Waals surface area contributed by atoms with Gasteiger partial charge in [0.2, 0.25) is 5.91 Å². The van der Waals surface area contributed by atoms with Crippen molar-refractivity contribution in [1.82, 2.24) is 15.1 Å². The van der Waals surface area contributed by atoms with Crippen molar-refractivity contribution in [3.63, 3.8) is 0 Å². The van der Waals surface area contributed by atoms with Gasteiger partial charge in [-0.3, -0.25) is 19.5 Å². The number of nitrogens with zero attached hydrogens (tertiary/aromatic N) is 4. The fourth-order valence-corrected chi connectivity index (χ4v) is 4.44. The summed E-state index contributed by atoms with van der Waals surface area (Å²) in [5.74, 6) is -0.131. The summed E-state index contributed by atoms with van der Waals surface area (Å²) in [6.07, 6.45) is 6.21. The number of rotatable bonds is 3. The third-order valence-electron chi connectivity index (χ3n) is 5.89. The second-order valence-electron chi connectivity index (χ2n) is 7.74. The molecular weight excluding hydrogens is 359 g/mol. The zero-order chi connectivity index (χ0) is 19.7. The quantitative estimate of drug-likeness (QED) is 0.763. The lowest BCUT2D eigenvalue weighted by Crippen LogP contribution is -2.45. The second-order valence-corrected chi connectivity index (χ2v) is 7.74. The third-order valence-corrected chi connectivity index (χ3v) is 5.89. The van der Waals surface area contributed by atoms with Crippen LogP contribution in [0.1, 0.15) is 48.2 Å². The monoisotopic (exact) mass is 382 g/mol. The molecule has 0 radical (unpaired) electrons. The van der Waals surface area contributed by atoms with Gasteiger partial charge in [-0.1, -0.05) is 29.1 Å². The van der Waals surface area contributed by atoms with E-state index in [4.69, 9.17) is 0 Å². The van der Waals surface area contributed by atoms with Crippen molar-refractivity contribution in [3.05, 3.63) is 54.0 Å². The normalized spacial score (nSPS) is 24.6. The topological polar surface area (TPSA) is 66.4 Å². The molecule has 0 bridgehead atoms. The molecule has 1 spiro atoms. The van der Waals surface area contributed by atoms with E-state index in [-0.39, 0.29) is 5.91 Å². The van der Waals surface area contributed by atoms with Crippen LogP contribution >= 0.6 is 0 Å². The molecule has 4 rings (SSSR count). The average molecular weight is 382 g/mol. The number of aromatic nitrogens is 2. The number of anilines is 1. The maximum atomic E-state index is 14.9. The molecule has 2 heterocycles. The number of hydrogen-bond acceptors (Lipinski definition) is 4. The second kappa shape index (κ2) is 7.30. The van der Waals surface area contributed by atoms with Crippen molar-refractivity contribution in [3.8, 4) is 0 Å². The Labute approximate surface area is 163 Å². The molecule has 1 saturated carbocycles. The molecule has 1 aromatic carbocycles. The highest BCUT2D eigenvalue weighted by Crippen LogP contribution is 2.47. The van der Waals surface area contributed by atoms with Gasteiger partial charge < -0.3 is 0 Å². The molecule has 2 amide bonds. The highest BCUT2D eigenvalue weighted by Gasteiger charge is 2.51. The number of hydrogen-bond donors (Lipinski definition) is 0. The zero-order valence-electron chi connectivity index (χ0n) is 15.8. The number of carbonyl (C=O) groups is 2. The van der Waals surface area contributed by atoms with Crippen LogP contribution in [0.25, 0.3) is 0 Å². The Hall–Kier alpha value is -2.83. The highest BCUT2D eigenvalue weighted by molar-refractivity contribution is 5.99. The molecule has 2 aromatic rings. The Morgan fingerprint density at radius 3 is 2.79 bits per heavy atom. The summed E-state index contributed by atoms with van der Waals surface area (Å²) < 4.78 is 14.9. The Balaban J connectivity index is 1.52. The van der Waals surface area contributed by atoms with Crippen LogP contribution in [-0.2, 0) is 4.79 Å². The Morgan fingerprint density at radius 1 is 1.25 bits per heavy atom. The van der Waals surface area contributed by atoms with E-state index in [0.717, 1.165) is 5.69 Å². The van der Waals surface area contributed by atoms with Crippen molar-refractivity contribution in [2.45, 2.75) is 45.1 Å². The highest BCUT2D eigenvalue weighted by atomic mass is 19.2. The van der Waals surface area contributed by atoms with Gasteiger partial charge in [0.25, 0.3) is 5.91 Å². The Bertz CT molecular complexity index is 891. The zero-order valence-corrected chi connectivity index (χ0v) is 15.8. The first-order valence-electron chi connectivity index (χ1n) is 9.65. The smallest absolute Gasteiger partial charge is 0.281 e. The molecular formula is C21H23FN4O2. The summed E-state index contributed by atoms with van der Waals surface area (Å²) in [5, 5.41) is 0.332. The fraction of sp³-hybridized carbons (Fsp3) is 0.429. The largest absolute Gasteiger partial charge is 0.295 e. The standard InChI is InChI=1S/C21H23FN4O2/c1-15-13-23-14-18(24-15)25-11-10-21(20(25)28)9-5-8-17(12-21)26(22)19(27)16-6-3-2-4-7-16/h2-4,6-7,13-14,17H,5,8-12H2,1H3. The number of benzene rings is 1. The van der Waals surface area contributed by atoms with Gasteiger partial charge in [0.1, 0.15) is 0 Å². The van der Waals surface area contributed by atoms with Crippen LogP contribution in [0.3, 0.4) is 0 Å². The number of halogens is 1. The molecule has 2 aliphatic rings. The molecule has 146 valence electrons. The molecule has 1 aliphatic heterocycles. The minimum Gasteiger partial charge on any atom is -0.295 e. The predicted octanol–water partition coefficient (Wildman–Crippen LogP) is 3.48. The van der Waals surface area contributed by atoms with Crippen LogP contribution in [0.5, 0.6) is 0 Å². The van der Waals surface area contributed by atoms with Crippen LogP contribution < -0.4 is 4.90 Å². The molecule has 0 N–H and O–H groups in total. The van der Waals surface area contributed by atoms with Gasteiger partial charge in [0.05, 0.1) is 23.3 Å².